The molecule has 6 heteroatoms. The first-order valence-electron chi connectivity index (χ1n) is 6.50. The molecule has 19 heavy (non-hydrogen) atoms. The third kappa shape index (κ3) is 4.89. The fraction of sp³-hybridized carbons (Fsp3) is 0.538. The zero-order valence-corrected chi connectivity index (χ0v) is 11.5. The standard InChI is InChI=1S/C13H19FN2O2S/c14-12-5-3-11(4-6-12)10-19(17,18)16-13-2-1-8-15-9-7-13/h3-6,13,15-16H,1-2,7-10H2. The van der Waals surface area contributed by atoms with Gasteiger partial charge in [0.1, 0.15) is 5.82 Å². The van der Waals surface area contributed by atoms with Crippen LogP contribution >= 0.6 is 0 Å². The van der Waals surface area contributed by atoms with Crippen LogP contribution in [0.2, 0.25) is 0 Å². The van der Waals surface area contributed by atoms with Gasteiger partial charge in [0.15, 0.2) is 0 Å². The van der Waals surface area contributed by atoms with Gasteiger partial charge in [0.05, 0.1) is 5.75 Å². The number of nitrogens with one attached hydrogen (secondary N) is 2. The second kappa shape index (κ2) is 6.45. The molecule has 4 nitrogen and oxygen atoms in total. The highest BCUT2D eigenvalue weighted by Gasteiger charge is 2.19. The number of hydrogen-bond acceptors (Lipinski definition) is 3. The monoisotopic (exact) mass is 286 g/mol. The Morgan fingerprint density at radius 3 is 2.68 bits per heavy atom. The van der Waals surface area contributed by atoms with Crippen molar-refractivity contribution in [2.45, 2.75) is 31.1 Å². The number of sulfonamides is 1. The molecule has 1 fully saturated rings. The van der Waals surface area contributed by atoms with Crippen molar-refractivity contribution < 1.29 is 12.8 Å². The summed E-state index contributed by atoms with van der Waals surface area (Å²) >= 11 is 0. The van der Waals surface area contributed by atoms with Gasteiger partial charge in [-0.25, -0.2) is 17.5 Å². The molecule has 0 radical (unpaired) electrons. The number of halogens is 1. The van der Waals surface area contributed by atoms with Crippen LogP contribution in [-0.4, -0.2) is 27.5 Å². The van der Waals surface area contributed by atoms with Crippen LogP contribution in [0.4, 0.5) is 4.39 Å². The highest BCUT2D eigenvalue weighted by molar-refractivity contribution is 7.88. The Kier molecular flexibility index (Phi) is 4.90. The summed E-state index contributed by atoms with van der Waals surface area (Å²) in [6.45, 7) is 1.78. The molecule has 2 N–H and O–H groups in total. The smallest absolute Gasteiger partial charge is 0.216 e. The fourth-order valence-electron chi connectivity index (χ4n) is 2.23. The molecule has 1 atom stereocenters. The van der Waals surface area contributed by atoms with Gasteiger partial charge in [0, 0.05) is 6.04 Å². The van der Waals surface area contributed by atoms with E-state index in [2.05, 4.69) is 10.0 Å². The summed E-state index contributed by atoms with van der Waals surface area (Å²) in [6.07, 6.45) is 2.64. The Morgan fingerprint density at radius 1 is 1.21 bits per heavy atom. The minimum absolute atomic E-state index is 0.000415. The predicted molar refractivity (Wildman–Crippen MR) is 72.7 cm³/mol. The van der Waals surface area contributed by atoms with Crippen molar-refractivity contribution in [2.24, 2.45) is 0 Å². The summed E-state index contributed by atoms with van der Waals surface area (Å²) in [5, 5.41) is 3.24. The first kappa shape index (κ1) is 14.4. The SMILES string of the molecule is O=S(=O)(Cc1ccc(F)cc1)NC1CCCNCC1. The molecule has 0 saturated carbocycles. The molecule has 1 aliphatic rings. The minimum Gasteiger partial charge on any atom is -0.317 e. The normalized spacial score (nSPS) is 21.0. The maximum atomic E-state index is 12.8. The van der Waals surface area contributed by atoms with Gasteiger partial charge in [0.2, 0.25) is 10.0 Å². The van der Waals surface area contributed by atoms with Gasteiger partial charge in [-0.1, -0.05) is 12.1 Å². The molecule has 1 unspecified atom stereocenters. The lowest BCUT2D eigenvalue weighted by Crippen LogP contribution is -2.36. The Labute approximate surface area is 113 Å². The summed E-state index contributed by atoms with van der Waals surface area (Å²) in [5.74, 6) is -0.457. The molecule has 0 amide bonds. The second-order valence-corrected chi connectivity index (χ2v) is 6.64. The average molecular weight is 286 g/mol. The molecule has 1 aromatic carbocycles. The highest BCUT2D eigenvalue weighted by atomic mass is 32.2. The first-order valence-corrected chi connectivity index (χ1v) is 8.15. The fourth-order valence-corrected chi connectivity index (χ4v) is 3.69. The van der Waals surface area contributed by atoms with Crippen LogP contribution in [0.25, 0.3) is 0 Å². The molecule has 1 aromatic rings. The van der Waals surface area contributed by atoms with E-state index in [1.807, 2.05) is 0 Å². The molecule has 106 valence electrons. The number of hydrogen-bond donors (Lipinski definition) is 2. The Hall–Kier alpha value is -0.980. The zero-order valence-electron chi connectivity index (χ0n) is 10.7. The van der Waals surface area contributed by atoms with Gasteiger partial charge in [-0.05, 0) is 50.0 Å². The van der Waals surface area contributed by atoms with Crippen LogP contribution in [0.5, 0.6) is 0 Å². The molecule has 0 aliphatic carbocycles. The van der Waals surface area contributed by atoms with Crippen molar-refractivity contribution in [1.82, 2.24) is 10.0 Å². The third-order valence-corrected chi connectivity index (χ3v) is 4.60. The van der Waals surface area contributed by atoms with E-state index >= 15 is 0 Å². The first-order chi connectivity index (χ1) is 9.05. The van der Waals surface area contributed by atoms with E-state index in [1.165, 1.54) is 24.3 Å². The van der Waals surface area contributed by atoms with Crippen molar-refractivity contribution in [3.8, 4) is 0 Å². The summed E-state index contributed by atoms with van der Waals surface area (Å²) in [4.78, 5) is 0. The number of benzene rings is 1. The maximum absolute atomic E-state index is 12.8. The van der Waals surface area contributed by atoms with E-state index < -0.39 is 10.0 Å². The van der Waals surface area contributed by atoms with Crippen LogP contribution in [-0.2, 0) is 15.8 Å². The van der Waals surface area contributed by atoms with Crippen molar-refractivity contribution in [2.75, 3.05) is 13.1 Å². The van der Waals surface area contributed by atoms with E-state index in [-0.39, 0.29) is 17.6 Å². The molecule has 1 aliphatic heterocycles. The van der Waals surface area contributed by atoms with E-state index in [9.17, 15) is 12.8 Å². The molecular weight excluding hydrogens is 267 g/mol. The van der Waals surface area contributed by atoms with Gasteiger partial charge >= 0.3 is 0 Å². The van der Waals surface area contributed by atoms with Crippen molar-refractivity contribution >= 4 is 10.0 Å². The quantitative estimate of drug-likeness (QED) is 0.879. The van der Waals surface area contributed by atoms with Gasteiger partial charge in [-0.3, -0.25) is 0 Å². The lowest BCUT2D eigenvalue weighted by Gasteiger charge is -2.16. The van der Waals surface area contributed by atoms with E-state index in [0.717, 1.165) is 32.4 Å². The van der Waals surface area contributed by atoms with Crippen LogP contribution in [0.15, 0.2) is 24.3 Å². The van der Waals surface area contributed by atoms with Crippen molar-refractivity contribution in [3.63, 3.8) is 0 Å². The molecule has 1 heterocycles. The number of rotatable bonds is 4. The minimum atomic E-state index is -3.36. The maximum Gasteiger partial charge on any atom is 0.216 e. The van der Waals surface area contributed by atoms with Crippen LogP contribution < -0.4 is 10.0 Å². The van der Waals surface area contributed by atoms with Crippen LogP contribution in [0.1, 0.15) is 24.8 Å². The third-order valence-electron chi connectivity index (χ3n) is 3.19. The Balaban J connectivity index is 1.95. The van der Waals surface area contributed by atoms with Gasteiger partial charge < -0.3 is 5.32 Å². The molecule has 0 aromatic heterocycles. The van der Waals surface area contributed by atoms with E-state index in [4.69, 9.17) is 0 Å². The van der Waals surface area contributed by atoms with Crippen molar-refractivity contribution in [3.05, 3.63) is 35.6 Å². The van der Waals surface area contributed by atoms with Gasteiger partial charge in [-0.15, -0.1) is 0 Å². The summed E-state index contributed by atoms with van der Waals surface area (Å²) in [5.41, 5.74) is 0.598. The predicted octanol–water partition coefficient (Wildman–Crippen LogP) is 1.39. The van der Waals surface area contributed by atoms with E-state index in [1.54, 1.807) is 0 Å². The van der Waals surface area contributed by atoms with Gasteiger partial charge in [-0.2, -0.15) is 0 Å². The lowest BCUT2D eigenvalue weighted by molar-refractivity contribution is 0.517. The van der Waals surface area contributed by atoms with Crippen LogP contribution in [0.3, 0.4) is 0 Å². The molecular formula is C13H19FN2O2S. The topological polar surface area (TPSA) is 58.2 Å². The highest BCUT2D eigenvalue weighted by Crippen LogP contribution is 2.10. The Bertz CT molecular complexity index is 494. The molecule has 0 spiro atoms. The molecule has 1 saturated heterocycles. The lowest BCUT2D eigenvalue weighted by atomic mass is 10.1. The molecule has 0 bridgehead atoms. The summed E-state index contributed by atoms with van der Waals surface area (Å²) in [6, 6.07) is 5.56. The van der Waals surface area contributed by atoms with E-state index in [0.29, 0.717) is 5.56 Å². The molecule has 2 rings (SSSR count). The van der Waals surface area contributed by atoms with Crippen molar-refractivity contribution in [1.29, 1.82) is 0 Å². The Morgan fingerprint density at radius 2 is 1.95 bits per heavy atom. The zero-order chi connectivity index (χ0) is 13.7. The summed E-state index contributed by atoms with van der Waals surface area (Å²) in [7, 11) is -3.36. The average Bonchev–Trinajstić information content (AvgIpc) is 2.60. The second-order valence-electron chi connectivity index (χ2n) is 4.88. The largest absolute Gasteiger partial charge is 0.317 e. The van der Waals surface area contributed by atoms with Crippen LogP contribution in [0, 0.1) is 5.82 Å². The van der Waals surface area contributed by atoms with Gasteiger partial charge in [0.25, 0.3) is 0 Å². The summed E-state index contributed by atoms with van der Waals surface area (Å²) < 4.78 is 39.6.